The number of anilines is 1. The third kappa shape index (κ3) is 6.35. The third-order valence-corrected chi connectivity index (χ3v) is 3.30. The van der Waals surface area contributed by atoms with Crippen molar-refractivity contribution in [2.45, 2.75) is 6.92 Å². The fraction of sp³-hybridized carbons (Fsp3) is 0.211. The van der Waals surface area contributed by atoms with E-state index in [0.717, 1.165) is 0 Å². The van der Waals surface area contributed by atoms with E-state index in [2.05, 4.69) is 5.32 Å². The fourth-order valence-corrected chi connectivity index (χ4v) is 2.04. The number of carbonyl (C=O) groups is 3. The zero-order valence-corrected chi connectivity index (χ0v) is 14.6. The summed E-state index contributed by atoms with van der Waals surface area (Å²) in [6.07, 6.45) is 0.520. The summed E-state index contributed by atoms with van der Waals surface area (Å²) in [5, 5.41) is 12.2. The molecule has 1 amide bonds. The molecule has 0 saturated heterocycles. The highest BCUT2D eigenvalue weighted by molar-refractivity contribution is 5.92. The minimum absolute atomic E-state index is 0.136. The molecule has 0 aliphatic heterocycles. The Balaban J connectivity index is 1.80. The normalized spacial score (nSPS) is 9.96. The van der Waals surface area contributed by atoms with Crippen LogP contribution < -0.4 is 14.8 Å². The van der Waals surface area contributed by atoms with Gasteiger partial charge in [-0.15, -0.1) is 0 Å². The zero-order chi connectivity index (χ0) is 19.6. The van der Waals surface area contributed by atoms with Crippen LogP contribution in [0.3, 0.4) is 0 Å². The molecule has 0 fully saturated rings. The molecule has 27 heavy (non-hydrogen) atoms. The molecule has 2 aromatic carbocycles. The van der Waals surface area contributed by atoms with Crippen LogP contribution in [0.15, 0.2) is 42.5 Å². The van der Waals surface area contributed by atoms with E-state index in [-0.39, 0.29) is 36.9 Å². The maximum atomic E-state index is 11.9. The van der Waals surface area contributed by atoms with Crippen molar-refractivity contribution in [2.24, 2.45) is 0 Å². The van der Waals surface area contributed by atoms with E-state index in [9.17, 15) is 19.5 Å². The molecule has 2 rings (SSSR count). The third-order valence-electron chi connectivity index (χ3n) is 3.30. The summed E-state index contributed by atoms with van der Waals surface area (Å²) in [5.41, 5.74) is 0.656. The first-order valence-electron chi connectivity index (χ1n) is 8.11. The van der Waals surface area contributed by atoms with Crippen LogP contribution >= 0.6 is 0 Å². The van der Waals surface area contributed by atoms with E-state index in [1.165, 1.54) is 18.2 Å². The molecule has 0 bridgehead atoms. The topological polar surface area (TPSA) is 111 Å². The Kier molecular flexibility index (Phi) is 7.18. The molecule has 0 aromatic heterocycles. The number of amides is 1. The van der Waals surface area contributed by atoms with Gasteiger partial charge in [0.05, 0.1) is 12.2 Å². The van der Waals surface area contributed by atoms with E-state index in [4.69, 9.17) is 14.2 Å². The molecule has 0 saturated carbocycles. The van der Waals surface area contributed by atoms with Gasteiger partial charge >= 0.3 is 5.97 Å². The molecule has 0 aliphatic rings. The standard InChI is InChI=1S/C19H19NO7/c1-2-25-19(24)12-27-15-7-4-14(5-8-15)20-18(23)11-26-16-6-3-13(10-21)17(22)9-16/h3-10,22H,2,11-12H2,1H3,(H,20,23). The molecule has 0 spiro atoms. The van der Waals surface area contributed by atoms with Crippen molar-refractivity contribution in [3.05, 3.63) is 48.0 Å². The molecule has 2 aromatic rings. The van der Waals surface area contributed by atoms with Gasteiger partial charge in [-0.05, 0) is 43.3 Å². The number of phenolic OH excluding ortho intramolecular Hbond substituents is 1. The molecule has 142 valence electrons. The number of carbonyl (C=O) groups excluding carboxylic acids is 3. The van der Waals surface area contributed by atoms with Gasteiger partial charge in [-0.1, -0.05) is 0 Å². The van der Waals surface area contributed by atoms with Gasteiger partial charge in [-0.2, -0.15) is 0 Å². The lowest BCUT2D eigenvalue weighted by atomic mass is 10.2. The second-order valence-electron chi connectivity index (χ2n) is 5.29. The minimum atomic E-state index is -0.459. The summed E-state index contributed by atoms with van der Waals surface area (Å²) in [5.74, 6) is -0.367. The Morgan fingerprint density at radius 3 is 2.33 bits per heavy atom. The monoisotopic (exact) mass is 373 g/mol. The van der Waals surface area contributed by atoms with Gasteiger partial charge in [0.15, 0.2) is 19.5 Å². The fourth-order valence-electron chi connectivity index (χ4n) is 2.04. The Hall–Kier alpha value is -3.55. The maximum Gasteiger partial charge on any atom is 0.344 e. The van der Waals surface area contributed by atoms with Crippen molar-refractivity contribution in [3.63, 3.8) is 0 Å². The van der Waals surface area contributed by atoms with Crippen molar-refractivity contribution in [1.29, 1.82) is 0 Å². The van der Waals surface area contributed by atoms with Crippen molar-refractivity contribution in [1.82, 2.24) is 0 Å². The van der Waals surface area contributed by atoms with Gasteiger partial charge in [0.1, 0.15) is 17.2 Å². The predicted molar refractivity (Wildman–Crippen MR) is 96.2 cm³/mol. The highest BCUT2D eigenvalue weighted by Crippen LogP contribution is 2.22. The summed E-state index contributed by atoms with van der Waals surface area (Å²) in [7, 11) is 0. The number of benzene rings is 2. The molecule has 0 unspecified atom stereocenters. The molecule has 8 nitrogen and oxygen atoms in total. The summed E-state index contributed by atoms with van der Waals surface area (Å²) >= 11 is 0. The first kappa shape index (κ1) is 19.8. The van der Waals surface area contributed by atoms with Crippen LogP contribution in [0.5, 0.6) is 17.2 Å². The first-order chi connectivity index (χ1) is 13.0. The van der Waals surface area contributed by atoms with Crippen LogP contribution in [-0.4, -0.2) is 43.1 Å². The van der Waals surface area contributed by atoms with Gasteiger partial charge < -0.3 is 24.6 Å². The molecule has 8 heteroatoms. The number of hydrogen-bond donors (Lipinski definition) is 2. The molecule has 0 heterocycles. The SMILES string of the molecule is CCOC(=O)COc1ccc(NC(=O)COc2ccc(C=O)c(O)c2)cc1. The van der Waals surface area contributed by atoms with Gasteiger partial charge in [-0.3, -0.25) is 9.59 Å². The molecule has 2 N–H and O–H groups in total. The quantitative estimate of drug-likeness (QED) is 0.512. The van der Waals surface area contributed by atoms with Crippen LogP contribution in [0, 0.1) is 0 Å². The van der Waals surface area contributed by atoms with Crippen LogP contribution in [0.4, 0.5) is 5.69 Å². The van der Waals surface area contributed by atoms with Gasteiger partial charge in [0.25, 0.3) is 5.91 Å². The Labute approximate surface area is 155 Å². The first-order valence-corrected chi connectivity index (χ1v) is 8.11. The second kappa shape index (κ2) is 9.81. The van der Waals surface area contributed by atoms with Crippen molar-refractivity contribution in [2.75, 3.05) is 25.1 Å². The molecule has 0 atom stereocenters. The van der Waals surface area contributed by atoms with Crippen molar-refractivity contribution >= 4 is 23.9 Å². The highest BCUT2D eigenvalue weighted by atomic mass is 16.6. The van der Waals surface area contributed by atoms with Crippen LogP contribution in [0.25, 0.3) is 0 Å². The molecular weight excluding hydrogens is 354 g/mol. The molecule has 0 radical (unpaired) electrons. The number of aromatic hydroxyl groups is 1. The lowest BCUT2D eigenvalue weighted by Gasteiger charge is -2.09. The number of aldehydes is 1. The minimum Gasteiger partial charge on any atom is -0.507 e. The number of hydrogen-bond acceptors (Lipinski definition) is 7. The summed E-state index contributed by atoms with van der Waals surface area (Å²) in [6, 6.07) is 10.6. The van der Waals surface area contributed by atoms with Crippen LogP contribution in [-0.2, 0) is 14.3 Å². The van der Waals surface area contributed by atoms with Crippen LogP contribution in [0.2, 0.25) is 0 Å². The molecular formula is C19H19NO7. The summed E-state index contributed by atoms with van der Waals surface area (Å²) in [4.78, 5) is 33.8. The van der Waals surface area contributed by atoms with Gasteiger partial charge in [-0.25, -0.2) is 4.79 Å². The Morgan fingerprint density at radius 1 is 1.04 bits per heavy atom. The van der Waals surface area contributed by atoms with Crippen molar-refractivity contribution < 1.29 is 33.7 Å². The molecule has 0 aliphatic carbocycles. The van der Waals surface area contributed by atoms with Crippen molar-refractivity contribution in [3.8, 4) is 17.2 Å². The average molecular weight is 373 g/mol. The van der Waals surface area contributed by atoms with E-state index in [1.54, 1.807) is 31.2 Å². The summed E-state index contributed by atoms with van der Waals surface area (Å²) in [6.45, 7) is 1.53. The smallest absolute Gasteiger partial charge is 0.344 e. The van der Waals surface area contributed by atoms with E-state index < -0.39 is 11.9 Å². The van der Waals surface area contributed by atoms with E-state index in [0.29, 0.717) is 17.7 Å². The average Bonchev–Trinajstić information content (AvgIpc) is 2.66. The number of esters is 1. The van der Waals surface area contributed by atoms with E-state index in [1.807, 2.05) is 0 Å². The second-order valence-corrected chi connectivity index (χ2v) is 5.29. The number of nitrogens with one attached hydrogen (secondary N) is 1. The number of ether oxygens (including phenoxy) is 3. The lowest BCUT2D eigenvalue weighted by Crippen LogP contribution is -2.20. The zero-order valence-electron chi connectivity index (χ0n) is 14.6. The summed E-state index contributed by atoms with van der Waals surface area (Å²) < 4.78 is 15.3. The number of phenols is 1. The lowest BCUT2D eigenvalue weighted by molar-refractivity contribution is -0.145. The van der Waals surface area contributed by atoms with Gasteiger partial charge in [0, 0.05) is 11.8 Å². The van der Waals surface area contributed by atoms with E-state index >= 15 is 0 Å². The highest BCUT2D eigenvalue weighted by Gasteiger charge is 2.07. The van der Waals surface area contributed by atoms with Crippen LogP contribution in [0.1, 0.15) is 17.3 Å². The Bertz CT molecular complexity index is 802. The maximum absolute atomic E-state index is 11.9. The van der Waals surface area contributed by atoms with Gasteiger partial charge in [0.2, 0.25) is 0 Å². The largest absolute Gasteiger partial charge is 0.507 e. The number of rotatable bonds is 9. The Morgan fingerprint density at radius 2 is 1.70 bits per heavy atom. The predicted octanol–water partition coefficient (Wildman–Crippen LogP) is 2.16.